The summed E-state index contributed by atoms with van der Waals surface area (Å²) in [5.41, 5.74) is 5.27. The summed E-state index contributed by atoms with van der Waals surface area (Å²) < 4.78 is 59.4. The number of anilines is 2. The van der Waals surface area contributed by atoms with Crippen molar-refractivity contribution in [1.29, 1.82) is 0 Å². The molecule has 0 radical (unpaired) electrons. The predicted molar refractivity (Wildman–Crippen MR) is 175 cm³/mol. The first-order chi connectivity index (χ1) is 22.7. The highest BCUT2D eigenvalue weighted by molar-refractivity contribution is 5.77. The number of likely N-dealkylation sites (N-methyl/N-ethyl adjacent to an activating group) is 1. The Kier molecular flexibility index (Phi) is 11.3. The molecule has 0 bridgehead atoms. The van der Waals surface area contributed by atoms with E-state index in [1.165, 1.54) is 12.1 Å². The van der Waals surface area contributed by atoms with Crippen LogP contribution >= 0.6 is 0 Å². The van der Waals surface area contributed by atoms with Gasteiger partial charge in [-0.05, 0) is 61.2 Å². The number of piperazine rings is 1. The van der Waals surface area contributed by atoms with Crippen molar-refractivity contribution in [1.82, 2.24) is 20.5 Å². The molecule has 1 fully saturated rings. The van der Waals surface area contributed by atoms with Crippen LogP contribution in [0.3, 0.4) is 0 Å². The third kappa shape index (κ3) is 8.38. The number of allylic oxidation sites excluding steroid dienone is 3. The van der Waals surface area contributed by atoms with Gasteiger partial charge < -0.3 is 40.0 Å². The average Bonchev–Trinajstić information content (AvgIpc) is 3.09. The number of carbonyl (C=O) groups excluding carboxylic acids is 1. The molecule has 0 spiro atoms. The van der Waals surface area contributed by atoms with Crippen molar-refractivity contribution in [3.05, 3.63) is 76.4 Å². The number of carbonyl (C=O) groups is 1. The Labute approximate surface area is 273 Å². The molecule has 47 heavy (non-hydrogen) atoms. The molecule has 1 saturated heterocycles. The normalized spacial score (nSPS) is 16.9. The largest absolute Gasteiger partial charge is 0.481 e. The molecule has 0 unspecified atom stereocenters. The Hall–Kier alpha value is -4.23. The maximum absolute atomic E-state index is 14.5. The molecule has 3 aliphatic rings. The minimum atomic E-state index is -4.57. The van der Waals surface area contributed by atoms with Crippen LogP contribution in [0.15, 0.2) is 65.3 Å². The van der Waals surface area contributed by atoms with Crippen molar-refractivity contribution < 1.29 is 32.2 Å². The van der Waals surface area contributed by atoms with E-state index in [4.69, 9.17) is 14.2 Å². The molecule has 13 heteroatoms. The highest BCUT2D eigenvalue weighted by Crippen LogP contribution is 2.40. The van der Waals surface area contributed by atoms with Crippen molar-refractivity contribution in [3.63, 3.8) is 0 Å². The molecule has 0 atom stereocenters. The fourth-order valence-corrected chi connectivity index (χ4v) is 5.99. The number of rotatable bonds is 13. The van der Waals surface area contributed by atoms with Gasteiger partial charge in [-0.2, -0.15) is 13.2 Å². The second-order valence-electron chi connectivity index (χ2n) is 11.4. The van der Waals surface area contributed by atoms with Crippen LogP contribution in [-0.4, -0.2) is 89.1 Å². The zero-order chi connectivity index (χ0) is 33.4. The van der Waals surface area contributed by atoms with Gasteiger partial charge in [-0.25, -0.2) is 4.98 Å². The van der Waals surface area contributed by atoms with Crippen LogP contribution in [0.25, 0.3) is 5.57 Å². The van der Waals surface area contributed by atoms with E-state index >= 15 is 0 Å². The SMILES string of the molecule is CCOCCOCCC(=O)N1CCN(c2ccc(NC3=C(NC)CNC4=C3C=C(c3ccc(OC)nc3)CC4)cc2C(F)(F)F)CC1. The molecule has 3 N–H and O–H groups in total. The quantitative estimate of drug-likeness (QED) is 0.263. The van der Waals surface area contributed by atoms with Crippen molar-refractivity contribution in [2.75, 3.05) is 83.5 Å². The third-order valence-corrected chi connectivity index (χ3v) is 8.54. The lowest BCUT2D eigenvalue weighted by molar-refractivity contribution is -0.137. The number of alkyl halides is 3. The third-order valence-electron chi connectivity index (χ3n) is 8.54. The average molecular weight is 657 g/mol. The second kappa shape index (κ2) is 15.6. The standard InChI is InChI=1S/C34H43F3N6O4/c1-4-46-17-18-47-16-11-32(44)43-14-12-42(13-15-43)30-9-7-25(20-27(30)34(35,36)37)41-33-26-19-23(24-6-10-31(45-3)40-21-24)5-8-28(26)39-22-29(33)38-2/h6-7,9-10,19-21,38-39,41H,4-5,8,11-18,22H2,1-3H3. The summed E-state index contributed by atoms with van der Waals surface area (Å²) in [6.07, 6.45) is 1.06. The minimum absolute atomic E-state index is 0.0657. The number of aromatic nitrogens is 1. The molecular weight excluding hydrogens is 613 g/mol. The fraction of sp³-hybridized carbons (Fsp3) is 0.471. The molecule has 1 aromatic carbocycles. The van der Waals surface area contributed by atoms with Crippen LogP contribution in [0.4, 0.5) is 24.5 Å². The van der Waals surface area contributed by atoms with Gasteiger partial charge in [-0.1, -0.05) is 0 Å². The first-order valence-electron chi connectivity index (χ1n) is 16.0. The predicted octanol–water partition coefficient (Wildman–Crippen LogP) is 4.78. The Morgan fingerprint density at radius 2 is 1.83 bits per heavy atom. The maximum Gasteiger partial charge on any atom is 0.418 e. The van der Waals surface area contributed by atoms with E-state index in [1.807, 2.05) is 19.1 Å². The summed E-state index contributed by atoms with van der Waals surface area (Å²) in [6.45, 7) is 5.51. The molecule has 5 rings (SSSR count). The van der Waals surface area contributed by atoms with Crippen LogP contribution in [0.1, 0.15) is 37.3 Å². The number of benzene rings is 1. The van der Waals surface area contributed by atoms with E-state index < -0.39 is 11.7 Å². The molecule has 1 aromatic heterocycles. The number of amides is 1. The molecule has 0 saturated carbocycles. The number of nitrogens with one attached hydrogen (secondary N) is 3. The number of nitrogens with zero attached hydrogens (tertiary/aromatic N) is 3. The van der Waals surface area contributed by atoms with E-state index in [0.29, 0.717) is 64.1 Å². The van der Waals surface area contributed by atoms with Gasteiger partial charge in [0.25, 0.3) is 0 Å². The number of halogens is 3. The van der Waals surface area contributed by atoms with Crippen molar-refractivity contribution in [2.24, 2.45) is 0 Å². The first-order valence-corrected chi connectivity index (χ1v) is 16.0. The number of dihydropyridines is 1. The van der Waals surface area contributed by atoms with Crippen molar-refractivity contribution in [3.8, 4) is 5.88 Å². The summed E-state index contributed by atoms with van der Waals surface area (Å²) in [5.74, 6) is 0.460. The highest BCUT2D eigenvalue weighted by atomic mass is 19.4. The van der Waals surface area contributed by atoms with Crippen LogP contribution in [-0.2, 0) is 20.4 Å². The summed E-state index contributed by atoms with van der Waals surface area (Å²) in [6, 6.07) is 8.16. The van der Waals surface area contributed by atoms with Crippen LogP contribution in [0.5, 0.6) is 5.88 Å². The van der Waals surface area contributed by atoms with E-state index in [2.05, 4.69) is 27.0 Å². The highest BCUT2D eigenvalue weighted by Gasteiger charge is 2.36. The zero-order valence-corrected chi connectivity index (χ0v) is 27.1. The minimum Gasteiger partial charge on any atom is -0.481 e. The van der Waals surface area contributed by atoms with Crippen LogP contribution < -0.4 is 25.6 Å². The molecule has 2 aromatic rings. The van der Waals surface area contributed by atoms with Gasteiger partial charge in [0.2, 0.25) is 11.8 Å². The van der Waals surface area contributed by atoms with Gasteiger partial charge in [0.1, 0.15) is 0 Å². The van der Waals surface area contributed by atoms with Crippen LogP contribution in [0, 0.1) is 0 Å². The zero-order valence-electron chi connectivity index (χ0n) is 27.1. The number of hydrogen-bond acceptors (Lipinski definition) is 9. The number of ether oxygens (including phenoxy) is 3. The summed E-state index contributed by atoms with van der Waals surface area (Å²) in [5, 5.41) is 9.99. The smallest absolute Gasteiger partial charge is 0.418 e. The Bertz CT molecular complexity index is 1500. The van der Waals surface area contributed by atoms with E-state index in [9.17, 15) is 18.0 Å². The number of pyridine rings is 1. The van der Waals surface area contributed by atoms with Gasteiger partial charge in [-0.3, -0.25) is 4.79 Å². The molecule has 10 nitrogen and oxygen atoms in total. The topological polar surface area (TPSA) is 100 Å². The fourth-order valence-electron chi connectivity index (χ4n) is 5.99. The molecule has 254 valence electrons. The van der Waals surface area contributed by atoms with E-state index in [0.717, 1.165) is 46.6 Å². The lowest BCUT2D eigenvalue weighted by Gasteiger charge is -2.37. The monoisotopic (exact) mass is 656 g/mol. The second-order valence-corrected chi connectivity index (χ2v) is 11.4. The van der Waals surface area contributed by atoms with Gasteiger partial charge in [0.05, 0.1) is 56.9 Å². The molecular formula is C34H43F3N6O4. The van der Waals surface area contributed by atoms with E-state index in [1.54, 1.807) is 36.2 Å². The van der Waals surface area contributed by atoms with E-state index in [-0.39, 0.29) is 24.6 Å². The molecule has 1 aliphatic carbocycles. The number of hydrogen-bond donors (Lipinski definition) is 3. The van der Waals surface area contributed by atoms with Crippen molar-refractivity contribution >= 4 is 22.9 Å². The molecule has 3 heterocycles. The Morgan fingerprint density at radius 1 is 1.04 bits per heavy atom. The van der Waals surface area contributed by atoms with Gasteiger partial charge in [-0.15, -0.1) is 0 Å². The van der Waals surface area contributed by atoms with Crippen molar-refractivity contribution in [2.45, 2.75) is 32.4 Å². The lowest BCUT2D eigenvalue weighted by Crippen LogP contribution is -2.49. The van der Waals surface area contributed by atoms with Crippen LogP contribution in [0.2, 0.25) is 0 Å². The molecule has 1 amide bonds. The Morgan fingerprint density at radius 3 is 2.51 bits per heavy atom. The molecule has 2 aliphatic heterocycles. The first kappa shape index (κ1) is 34.1. The van der Waals surface area contributed by atoms with Gasteiger partial charge in [0.15, 0.2) is 0 Å². The number of methoxy groups -OCH3 is 1. The summed E-state index contributed by atoms with van der Waals surface area (Å²) in [7, 11) is 3.37. The summed E-state index contributed by atoms with van der Waals surface area (Å²) in [4.78, 5) is 20.4. The van der Waals surface area contributed by atoms with Gasteiger partial charge >= 0.3 is 6.18 Å². The Balaban J connectivity index is 1.30. The lowest BCUT2D eigenvalue weighted by atomic mass is 9.88. The summed E-state index contributed by atoms with van der Waals surface area (Å²) >= 11 is 0. The maximum atomic E-state index is 14.5. The van der Waals surface area contributed by atoms with Gasteiger partial charge in [0, 0.05) is 74.7 Å².